The van der Waals surface area contributed by atoms with E-state index in [0.717, 1.165) is 12.5 Å². The molecule has 19 heavy (non-hydrogen) atoms. The van der Waals surface area contributed by atoms with Gasteiger partial charge in [-0.05, 0) is 20.5 Å². The number of rotatable bonds is 7. The van der Waals surface area contributed by atoms with Crippen LogP contribution in [0.2, 0.25) is 0 Å². The average Bonchev–Trinajstić information content (AvgIpc) is 2.31. The van der Waals surface area contributed by atoms with Crippen molar-refractivity contribution >= 4 is 17.9 Å². The number of aliphatic carboxylic acids is 1. The number of carbonyl (C=O) groups excluding carboxylic acids is 2. The van der Waals surface area contributed by atoms with Crippen LogP contribution >= 0.6 is 0 Å². The fourth-order valence-electron chi connectivity index (χ4n) is 1.28. The molecular formula is C12H21N3O4. The zero-order chi connectivity index (χ0) is 14.8. The molecule has 0 aromatic heterocycles. The van der Waals surface area contributed by atoms with E-state index in [4.69, 9.17) is 5.11 Å². The van der Waals surface area contributed by atoms with E-state index in [0.29, 0.717) is 25.7 Å². The molecule has 0 bridgehead atoms. The van der Waals surface area contributed by atoms with Crippen LogP contribution in [0.3, 0.4) is 0 Å². The molecule has 0 heterocycles. The molecule has 7 nitrogen and oxygen atoms in total. The van der Waals surface area contributed by atoms with Crippen molar-refractivity contribution in [3.63, 3.8) is 0 Å². The van der Waals surface area contributed by atoms with Crippen LogP contribution in [0.1, 0.15) is 13.3 Å². The first kappa shape index (κ1) is 17.1. The van der Waals surface area contributed by atoms with Crippen LogP contribution in [0.25, 0.3) is 0 Å². The van der Waals surface area contributed by atoms with Gasteiger partial charge in [-0.25, -0.2) is 9.59 Å². The van der Waals surface area contributed by atoms with Gasteiger partial charge < -0.3 is 14.9 Å². The lowest BCUT2D eigenvalue weighted by molar-refractivity contribution is -0.131. The normalized spacial score (nSPS) is 10.7. The lowest BCUT2D eigenvalue weighted by Gasteiger charge is -2.23. The Hall–Kier alpha value is -1.89. The van der Waals surface area contributed by atoms with E-state index in [2.05, 4.69) is 5.32 Å². The Kier molecular flexibility index (Phi) is 8.19. The Morgan fingerprint density at radius 2 is 1.74 bits per heavy atom. The number of imide groups is 1. The summed E-state index contributed by atoms with van der Waals surface area (Å²) < 4.78 is 0. The van der Waals surface area contributed by atoms with Crippen molar-refractivity contribution in [2.45, 2.75) is 13.3 Å². The number of carboxylic acid groups (broad SMARTS) is 1. The Morgan fingerprint density at radius 3 is 2.21 bits per heavy atom. The van der Waals surface area contributed by atoms with Gasteiger partial charge in [0.2, 0.25) is 0 Å². The van der Waals surface area contributed by atoms with Gasteiger partial charge in [0.05, 0.1) is 0 Å². The van der Waals surface area contributed by atoms with E-state index in [1.165, 1.54) is 4.90 Å². The molecule has 0 saturated heterocycles. The zero-order valence-corrected chi connectivity index (χ0v) is 11.5. The molecule has 0 rings (SSSR count). The van der Waals surface area contributed by atoms with Gasteiger partial charge in [-0.15, -0.1) is 0 Å². The minimum atomic E-state index is -1.24. The quantitative estimate of drug-likeness (QED) is 0.643. The molecule has 0 aromatic carbocycles. The summed E-state index contributed by atoms with van der Waals surface area (Å²) in [5.41, 5.74) is 0. The van der Waals surface area contributed by atoms with Crippen LogP contribution in [-0.4, -0.2) is 66.5 Å². The number of amides is 3. The van der Waals surface area contributed by atoms with Crippen molar-refractivity contribution in [3.8, 4) is 0 Å². The molecule has 2 N–H and O–H groups in total. The highest BCUT2D eigenvalue weighted by atomic mass is 16.4. The van der Waals surface area contributed by atoms with Gasteiger partial charge in [0.15, 0.2) is 0 Å². The van der Waals surface area contributed by atoms with Crippen LogP contribution < -0.4 is 5.32 Å². The molecule has 0 spiro atoms. The average molecular weight is 271 g/mol. The molecule has 0 saturated carbocycles. The summed E-state index contributed by atoms with van der Waals surface area (Å²) in [5, 5.41) is 10.5. The minimum absolute atomic E-state index is 0.503. The summed E-state index contributed by atoms with van der Waals surface area (Å²) in [7, 11) is 3.78. The number of carboxylic acids is 1. The van der Waals surface area contributed by atoms with Gasteiger partial charge in [-0.3, -0.25) is 10.1 Å². The third kappa shape index (κ3) is 8.78. The molecule has 0 fully saturated rings. The van der Waals surface area contributed by atoms with Crippen molar-refractivity contribution in [1.29, 1.82) is 0 Å². The minimum Gasteiger partial charge on any atom is -0.478 e. The maximum Gasteiger partial charge on any atom is 0.328 e. The maximum atomic E-state index is 11.8. The van der Waals surface area contributed by atoms with E-state index >= 15 is 0 Å². The fourth-order valence-corrected chi connectivity index (χ4v) is 1.28. The lowest BCUT2D eigenvalue weighted by Crippen LogP contribution is -2.45. The van der Waals surface area contributed by atoms with Crippen LogP contribution in [-0.2, 0) is 9.59 Å². The number of urea groups is 1. The summed E-state index contributed by atoms with van der Waals surface area (Å²) in [6, 6.07) is -0.510. The van der Waals surface area contributed by atoms with Crippen molar-refractivity contribution in [1.82, 2.24) is 15.1 Å². The molecule has 0 aliphatic heterocycles. The monoisotopic (exact) mass is 271 g/mol. The van der Waals surface area contributed by atoms with E-state index < -0.39 is 17.9 Å². The largest absolute Gasteiger partial charge is 0.478 e. The predicted molar refractivity (Wildman–Crippen MR) is 70.7 cm³/mol. The van der Waals surface area contributed by atoms with Crippen LogP contribution in [0.15, 0.2) is 12.2 Å². The second kappa shape index (κ2) is 9.09. The van der Waals surface area contributed by atoms with Crippen LogP contribution in [0.5, 0.6) is 0 Å². The van der Waals surface area contributed by atoms with Crippen molar-refractivity contribution in [3.05, 3.63) is 12.2 Å². The van der Waals surface area contributed by atoms with E-state index in [9.17, 15) is 14.4 Å². The topological polar surface area (TPSA) is 90.0 Å². The fraction of sp³-hybridized carbons (Fsp3) is 0.583. The molecule has 0 aromatic rings. The van der Waals surface area contributed by atoms with Crippen molar-refractivity contribution in [2.75, 3.05) is 33.7 Å². The van der Waals surface area contributed by atoms with Gasteiger partial charge in [-0.1, -0.05) is 6.92 Å². The molecule has 3 amide bonds. The summed E-state index contributed by atoms with van der Waals surface area (Å²) in [4.78, 5) is 36.8. The molecule has 7 heteroatoms. The summed E-state index contributed by atoms with van der Waals surface area (Å²) in [6.07, 6.45) is 2.28. The van der Waals surface area contributed by atoms with Crippen LogP contribution in [0.4, 0.5) is 4.79 Å². The van der Waals surface area contributed by atoms with Crippen LogP contribution in [0, 0.1) is 0 Å². The third-order valence-electron chi connectivity index (χ3n) is 2.21. The Bertz CT molecular complexity index is 353. The summed E-state index contributed by atoms with van der Waals surface area (Å²) in [6.45, 7) is 3.66. The highest BCUT2D eigenvalue weighted by molar-refractivity contribution is 6.02. The van der Waals surface area contributed by atoms with Crippen molar-refractivity contribution in [2.24, 2.45) is 0 Å². The molecule has 0 aliphatic carbocycles. The van der Waals surface area contributed by atoms with Gasteiger partial charge in [0, 0.05) is 31.8 Å². The van der Waals surface area contributed by atoms with Crippen molar-refractivity contribution < 1.29 is 19.5 Å². The predicted octanol–water partition coefficient (Wildman–Crippen LogP) is 0.137. The maximum absolute atomic E-state index is 11.8. The first-order valence-corrected chi connectivity index (χ1v) is 6.02. The second-order valence-corrected chi connectivity index (χ2v) is 4.26. The van der Waals surface area contributed by atoms with E-state index in [1.54, 1.807) is 0 Å². The van der Waals surface area contributed by atoms with E-state index in [1.807, 2.05) is 25.9 Å². The zero-order valence-electron chi connectivity index (χ0n) is 11.5. The molecular weight excluding hydrogens is 250 g/mol. The molecule has 0 aliphatic rings. The molecule has 0 unspecified atom stereocenters. The highest BCUT2D eigenvalue weighted by Gasteiger charge is 2.14. The first-order chi connectivity index (χ1) is 8.86. The van der Waals surface area contributed by atoms with Gasteiger partial charge in [-0.2, -0.15) is 0 Å². The number of hydrogen-bond donors (Lipinski definition) is 2. The summed E-state index contributed by atoms with van der Waals surface area (Å²) in [5.74, 6) is -1.97. The SMILES string of the molecule is CCCN(CCN(C)C)C(=O)NC(=O)C=CC(=O)O. The number of nitrogens with zero attached hydrogens (tertiary/aromatic N) is 2. The number of likely N-dealkylation sites (N-methyl/N-ethyl adjacent to an activating group) is 1. The molecule has 0 atom stereocenters. The van der Waals surface area contributed by atoms with Gasteiger partial charge in [0.1, 0.15) is 0 Å². The van der Waals surface area contributed by atoms with E-state index in [-0.39, 0.29) is 0 Å². The second-order valence-electron chi connectivity index (χ2n) is 4.26. The standard InChI is InChI=1S/C12H21N3O4/c1-4-7-15(9-8-14(2)3)12(19)13-10(16)5-6-11(17)18/h5-6H,4,7-9H2,1-3H3,(H,17,18)(H,13,16,19). The smallest absolute Gasteiger partial charge is 0.328 e. The third-order valence-corrected chi connectivity index (χ3v) is 2.21. The highest BCUT2D eigenvalue weighted by Crippen LogP contribution is 1.94. The first-order valence-electron chi connectivity index (χ1n) is 6.02. The number of nitrogens with one attached hydrogen (secondary N) is 1. The molecule has 108 valence electrons. The Morgan fingerprint density at radius 1 is 1.11 bits per heavy atom. The van der Waals surface area contributed by atoms with Gasteiger partial charge in [0.25, 0.3) is 5.91 Å². The molecule has 0 radical (unpaired) electrons. The summed E-state index contributed by atoms with van der Waals surface area (Å²) >= 11 is 0. The van der Waals surface area contributed by atoms with Gasteiger partial charge >= 0.3 is 12.0 Å². The lowest BCUT2D eigenvalue weighted by atomic mass is 10.4. The Balaban J connectivity index is 4.38. The number of hydrogen-bond acceptors (Lipinski definition) is 4. The number of carbonyl (C=O) groups is 3. The Labute approximate surface area is 112 Å².